The van der Waals surface area contributed by atoms with Gasteiger partial charge in [-0.3, -0.25) is 9.13 Å². The molecule has 2 heterocycles. The molecule has 0 radical (unpaired) electrons. The van der Waals surface area contributed by atoms with Gasteiger partial charge in [0.2, 0.25) is 0 Å². The fourth-order valence-corrected chi connectivity index (χ4v) is 4.23. The number of fused-ring (bicyclic) bond motifs is 2. The first kappa shape index (κ1) is 15.7. The van der Waals surface area contributed by atoms with Gasteiger partial charge in [-0.05, 0) is 54.7 Å². The molecule has 1 spiro atoms. The normalized spacial score (nSPS) is 18.2. The van der Waals surface area contributed by atoms with Crippen LogP contribution in [0.2, 0.25) is 0 Å². The summed E-state index contributed by atoms with van der Waals surface area (Å²) >= 11 is 0. The van der Waals surface area contributed by atoms with Crippen LogP contribution in [0.5, 0.6) is 5.75 Å². The quantitative estimate of drug-likeness (QED) is 0.735. The SMILES string of the molecule is Cn1c(=O)n(C)c2cc(-c3ccc4c(c3)CNCC3(CCC3)O4)ccc21. The molecule has 0 unspecified atom stereocenters. The molecule has 1 saturated carbocycles. The summed E-state index contributed by atoms with van der Waals surface area (Å²) in [5.41, 5.74) is 5.38. The Bertz CT molecular complexity index is 1070. The van der Waals surface area contributed by atoms with Gasteiger partial charge in [0.05, 0.1) is 11.0 Å². The molecular formula is C21H23N3O2. The largest absolute Gasteiger partial charge is 0.486 e. The van der Waals surface area contributed by atoms with Gasteiger partial charge >= 0.3 is 5.69 Å². The summed E-state index contributed by atoms with van der Waals surface area (Å²) in [7, 11) is 3.63. The highest BCUT2D eigenvalue weighted by molar-refractivity contribution is 5.83. The summed E-state index contributed by atoms with van der Waals surface area (Å²) in [6, 6.07) is 12.6. The second-order valence-electron chi connectivity index (χ2n) is 7.67. The number of imidazole rings is 1. The third-order valence-electron chi connectivity index (χ3n) is 6.02. The zero-order valence-corrected chi connectivity index (χ0v) is 15.2. The molecule has 2 aliphatic rings. The maximum absolute atomic E-state index is 12.2. The molecule has 2 aromatic carbocycles. The number of benzene rings is 2. The second-order valence-corrected chi connectivity index (χ2v) is 7.67. The highest BCUT2D eigenvalue weighted by Gasteiger charge is 2.40. The van der Waals surface area contributed by atoms with E-state index in [1.165, 1.54) is 12.0 Å². The molecule has 0 atom stereocenters. The minimum atomic E-state index is 0.00229. The van der Waals surface area contributed by atoms with Crippen LogP contribution in [0.25, 0.3) is 22.2 Å². The van der Waals surface area contributed by atoms with E-state index in [2.05, 4.69) is 35.6 Å². The lowest BCUT2D eigenvalue weighted by molar-refractivity contribution is -0.00147. The van der Waals surface area contributed by atoms with Crippen molar-refractivity contribution in [2.75, 3.05) is 6.54 Å². The maximum atomic E-state index is 12.2. The minimum absolute atomic E-state index is 0.00229. The van der Waals surface area contributed by atoms with Crippen LogP contribution in [0.3, 0.4) is 0 Å². The van der Waals surface area contributed by atoms with Crippen LogP contribution < -0.4 is 15.7 Å². The molecule has 0 amide bonds. The molecule has 134 valence electrons. The first-order valence-electron chi connectivity index (χ1n) is 9.25. The average molecular weight is 349 g/mol. The Kier molecular flexibility index (Phi) is 3.31. The van der Waals surface area contributed by atoms with Gasteiger partial charge in [-0.2, -0.15) is 0 Å². The van der Waals surface area contributed by atoms with Crippen molar-refractivity contribution in [1.82, 2.24) is 14.5 Å². The summed E-state index contributed by atoms with van der Waals surface area (Å²) in [4.78, 5) is 12.2. The smallest absolute Gasteiger partial charge is 0.328 e. The molecule has 1 aromatic heterocycles. The number of ether oxygens (including phenoxy) is 1. The first-order valence-corrected chi connectivity index (χ1v) is 9.25. The van der Waals surface area contributed by atoms with Crippen LogP contribution in [0.15, 0.2) is 41.2 Å². The summed E-state index contributed by atoms with van der Waals surface area (Å²) in [6.45, 7) is 1.76. The molecule has 5 heteroatoms. The minimum Gasteiger partial charge on any atom is -0.486 e. The maximum Gasteiger partial charge on any atom is 0.328 e. The molecule has 5 nitrogen and oxygen atoms in total. The van der Waals surface area contributed by atoms with E-state index in [0.717, 1.165) is 53.8 Å². The highest BCUT2D eigenvalue weighted by atomic mass is 16.5. The molecular weight excluding hydrogens is 326 g/mol. The van der Waals surface area contributed by atoms with Crippen molar-refractivity contribution < 1.29 is 4.74 Å². The van der Waals surface area contributed by atoms with Crippen molar-refractivity contribution in [2.24, 2.45) is 14.1 Å². The van der Waals surface area contributed by atoms with E-state index in [1.54, 1.807) is 9.13 Å². The highest BCUT2D eigenvalue weighted by Crippen LogP contribution is 2.40. The lowest BCUT2D eigenvalue weighted by atomic mass is 9.80. The van der Waals surface area contributed by atoms with Crippen LogP contribution in [0.4, 0.5) is 0 Å². The Morgan fingerprint density at radius 1 is 1.00 bits per heavy atom. The van der Waals surface area contributed by atoms with E-state index in [0.29, 0.717) is 0 Å². The third kappa shape index (κ3) is 2.23. The third-order valence-corrected chi connectivity index (χ3v) is 6.02. The van der Waals surface area contributed by atoms with Gasteiger partial charge in [0.25, 0.3) is 0 Å². The molecule has 1 N–H and O–H groups in total. The van der Waals surface area contributed by atoms with Crippen molar-refractivity contribution in [3.8, 4) is 16.9 Å². The Hall–Kier alpha value is -2.53. The fraction of sp³-hybridized carbons (Fsp3) is 0.381. The molecule has 1 aliphatic heterocycles. The Morgan fingerprint density at radius 3 is 2.50 bits per heavy atom. The number of aromatic nitrogens is 2. The van der Waals surface area contributed by atoms with Crippen molar-refractivity contribution in [3.63, 3.8) is 0 Å². The molecule has 1 fully saturated rings. The number of rotatable bonds is 1. The summed E-state index contributed by atoms with van der Waals surface area (Å²) in [5.74, 6) is 1.01. The summed E-state index contributed by atoms with van der Waals surface area (Å²) < 4.78 is 9.76. The van der Waals surface area contributed by atoms with Gasteiger partial charge in [-0.15, -0.1) is 0 Å². The number of aryl methyl sites for hydroxylation is 2. The second kappa shape index (κ2) is 5.48. The summed E-state index contributed by atoms with van der Waals surface area (Å²) in [5, 5.41) is 3.55. The van der Waals surface area contributed by atoms with Crippen molar-refractivity contribution in [2.45, 2.75) is 31.4 Å². The average Bonchev–Trinajstić information content (AvgIpc) is 2.80. The Labute approximate surface area is 152 Å². The summed E-state index contributed by atoms with van der Waals surface area (Å²) in [6.07, 6.45) is 3.53. The Balaban J connectivity index is 1.57. The van der Waals surface area contributed by atoms with E-state index < -0.39 is 0 Å². The zero-order valence-electron chi connectivity index (χ0n) is 15.2. The van der Waals surface area contributed by atoms with Gasteiger partial charge in [0, 0.05) is 32.7 Å². The standard InChI is InChI=1S/C21H23N3O2/c1-23-17-6-4-15(11-18(17)24(2)20(23)25)14-5-7-19-16(10-14)12-22-13-21(26-19)8-3-9-21/h4-7,10-11,22H,3,8-9,12-13H2,1-2H3. The van der Waals surface area contributed by atoms with Crippen LogP contribution in [0.1, 0.15) is 24.8 Å². The first-order chi connectivity index (χ1) is 12.6. The zero-order chi connectivity index (χ0) is 17.9. The molecule has 5 rings (SSSR count). The predicted molar refractivity (Wildman–Crippen MR) is 103 cm³/mol. The number of hydrogen-bond donors (Lipinski definition) is 1. The number of hydrogen-bond acceptors (Lipinski definition) is 3. The van der Waals surface area contributed by atoms with Crippen LogP contribution >= 0.6 is 0 Å². The van der Waals surface area contributed by atoms with Gasteiger partial charge in [0.1, 0.15) is 11.4 Å². The molecule has 3 aromatic rings. The lowest BCUT2D eigenvalue weighted by Crippen LogP contribution is -2.49. The van der Waals surface area contributed by atoms with Crippen LogP contribution in [-0.2, 0) is 20.6 Å². The van der Waals surface area contributed by atoms with Crippen molar-refractivity contribution >= 4 is 11.0 Å². The molecule has 0 saturated heterocycles. The molecule has 1 aliphatic carbocycles. The predicted octanol–water partition coefficient (Wildman–Crippen LogP) is 2.95. The van der Waals surface area contributed by atoms with Gasteiger partial charge < -0.3 is 10.1 Å². The van der Waals surface area contributed by atoms with E-state index in [4.69, 9.17) is 4.74 Å². The van der Waals surface area contributed by atoms with Crippen LogP contribution in [-0.4, -0.2) is 21.3 Å². The van der Waals surface area contributed by atoms with Gasteiger partial charge in [0.15, 0.2) is 0 Å². The number of nitrogens with zero attached hydrogens (tertiary/aromatic N) is 2. The Morgan fingerprint density at radius 2 is 1.73 bits per heavy atom. The fourth-order valence-electron chi connectivity index (χ4n) is 4.23. The monoisotopic (exact) mass is 349 g/mol. The topological polar surface area (TPSA) is 48.2 Å². The van der Waals surface area contributed by atoms with E-state index in [9.17, 15) is 4.79 Å². The molecule has 26 heavy (non-hydrogen) atoms. The number of nitrogens with one attached hydrogen (secondary N) is 1. The van der Waals surface area contributed by atoms with E-state index in [-0.39, 0.29) is 11.3 Å². The van der Waals surface area contributed by atoms with Crippen LogP contribution in [0, 0.1) is 0 Å². The van der Waals surface area contributed by atoms with E-state index in [1.807, 2.05) is 20.2 Å². The van der Waals surface area contributed by atoms with Gasteiger partial charge in [-0.25, -0.2) is 4.79 Å². The van der Waals surface area contributed by atoms with Gasteiger partial charge in [-0.1, -0.05) is 12.1 Å². The lowest BCUT2D eigenvalue weighted by Gasteiger charge is -2.41. The van der Waals surface area contributed by atoms with Crippen molar-refractivity contribution in [1.29, 1.82) is 0 Å². The molecule has 0 bridgehead atoms. The van der Waals surface area contributed by atoms with Crippen molar-refractivity contribution in [3.05, 3.63) is 52.4 Å². The van der Waals surface area contributed by atoms with E-state index >= 15 is 0 Å².